The van der Waals surface area contributed by atoms with Crippen LogP contribution in [0.3, 0.4) is 0 Å². The molecule has 0 saturated carbocycles. The molecular formula is C15H32N2O2. The molecule has 0 bridgehead atoms. The second kappa shape index (κ2) is 9.70. The van der Waals surface area contributed by atoms with Crippen molar-refractivity contribution in [1.82, 2.24) is 10.2 Å². The van der Waals surface area contributed by atoms with Gasteiger partial charge in [-0.25, -0.2) is 0 Å². The van der Waals surface area contributed by atoms with Crippen molar-refractivity contribution in [3.63, 3.8) is 0 Å². The van der Waals surface area contributed by atoms with E-state index >= 15 is 0 Å². The van der Waals surface area contributed by atoms with Gasteiger partial charge >= 0.3 is 0 Å². The standard InChI is InChI=1S/C15H32N2O2/c1-4-8-17-9-5-14(6-10-17)13(2)16-15(7-11-18)12-19-3/h13-16,18H,4-12H2,1-3H3. The van der Waals surface area contributed by atoms with Gasteiger partial charge in [-0.3, -0.25) is 0 Å². The summed E-state index contributed by atoms with van der Waals surface area (Å²) >= 11 is 0. The van der Waals surface area contributed by atoms with E-state index in [-0.39, 0.29) is 12.6 Å². The molecule has 19 heavy (non-hydrogen) atoms. The molecule has 1 saturated heterocycles. The summed E-state index contributed by atoms with van der Waals surface area (Å²) in [6.45, 7) is 9.15. The first-order valence-corrected chi connectivity index (χ1v) is 7.79. The Morgan fingerprint density at radius 1 is 1.37 bits per heavy atom. The summed E-state index contributed by atoms with van der Waals surface area (Å²) < 4.78 is 5.21. The van der Waals surface area contributed by atoms with E-state index in [2.05, 4.69) is 24.1 Å². The van der Waals surface area contributed by atoms with Crippen molar-refractivity contribution in [2.45, 2.75) is 51.6 Å². The Hall–Kier alpha value is -0.160. The van der Waals surface area contributed by atoms with Crippen LogP contribution in [0, 0.1) is 5.92 Å². The lowest BCUT2D eigenvalue weighted by molar-refractivity contribution is 0.121. The van der Waals surface area contributed by atoms with Gasteiger partial charge in [-0.05, 0) is 58.2 Å². The Balaban J connectivity index is 2.30. The van der Waals surface area contributed by atoms with Gasteiger partial charge in [0.2, 0.25) is 0 Å². The van der Waals surface area contributed by atoms with Crippen LogP contribution in [0.2, 0.25) is 0 Å². The zero-order valence-electron chi connectivity index (χ0n) is 12.9. The van der Waals surface area contributed by atoms with Gasteiger partial charge in [0.25, 0.3) is 0 Å². The van der Waals surface area contributed by atoms with Crippen LogP contribution >= 0.6 is 0 Å². The van der Waals surface area contributed by atoms with Gasteiger partial charge in [-0.2, -0.15) is 0 Å². The molecule has 0 aromatic heterocycles. The third kappa shape index (κ3) is 6.21. The van der Waals surface area contributed by atoms with Crippen molar-refractivity contribution in [2.24, 2.45) is 5.92 Å². The summed E-state index contributed by atoms with van der Waals surface area (Å²) in [5.74, 6) is 0.756. The van der Waals surface area contributed by atoms with E-state index in [0.29, 0.717) is 12.6 Å². The average molecular weight is 272 g/mol. The van der Waals surface area contributed by atoms with Gasteiger partial charge in [0.05, 0.1) is 6.61 Å². The predicted octanol–water partition coefficient (Wildman–Crippen LogP) is 1.48. The smallest absolute Gasteiger partial charge is 0.0616 e. The number of ether oxygens (including phenoxy) is 1. The summed E-state index contributed by atoms with van der Waals surface area (Å²) in [5, 5.41) is 12.7. The molecule has 0 spiro atoms. The zero-order chi connectivity index (χ0) is 14.1. The third-order valence-corrected chi connectivity index (χ3v) is 4.22. The maximum Gasteiger partial charge on any atom is 0.0616 e. The molecule has 1 aliphatic rings. The number of piperidine rings is 1. The van der Waals surface area contributed by atoms with E-state index in [0.717, 1.165) is 12.3 Å². The van der Waals surface area contributed by atoms with Crippen LogP contribution in [-0.4, -0.2) is 62.0 Å². The summed E-state index contributed by atoms with van der Waals surface area (Å²) in [7, 11) is 1.72. The van der Waals surface area contributed by atoms with Crippen LogP contribution in [0.5, 0.6) is 0 Å². The number of rotatable bonds is 9. The van der Waals surface area contributed by atoms with E-state index in [1.807, 2.05) is 0 Å². The lowest BCUT2D eigenvalue weighted by atomic mass is 9.89. The molecule has 114 valence electrons. The molecule has 4 heteroatoms. The average Bonchev–Trinajstić information content (AvgIpc) is 2.40. The van der Waals surface area contributed by atoms with Crippen LogP contribution in [0.1, 0.15) is 39.5 Å². The molecular weight excluding hydrogens is 240 g/mol. The summed E-state index contributed by atoms with van der Waals surface area (Å²) in [5.41, 5.74) is 0. The Morgan fingerprint density at radius 2 is 2.05 bits per heavy atom. The quantitative estimate of drug-likeness (QED) is 0.667. The lowest BCUT2D eigenvalue weighted by Gasteiger charge is -2.36. The van der Waals surface area contributed by atoms with Crippen molar-refractivity contribution in [3.8, 4) is 0 Å². The van der Waals surface area contributed by atoms with E-state index in [4.69, 9.17) is 9.84 Å². The van der Waals surface area contributed by atoms with Crippen molar-refractivity contribution in [1.29, 1.82) is 0 Å². The predicted molar refractivity (Wildman–Crippen MR) is 79.4 cm³/mol. The maximum atomic E-state index is 9.08. The minimum Gasteiger partial charge on any atom is -0.396 e. The molecule has 0 aromatic carbocycles. The minimum absolute atomic E-state index is 0.225. The number of methoxy groups -OCH3 is 1. The fourth-order valence-electron chi connectivity index (χ4n) is 3.07. The highest BCUT2D eigenvalue weighted by atomic mass is 16.5. The SMILES string of the molecule is CCCN1CCC(C(C)NC(CCO)COC)CC1. The van der Waals surface area contributed by atoms with Crippen molar-refractivity contribution < 1.29 is 9.84 Å². The van der Waals surface area contributed by atoms with Crippen LogP contribution in [0.25, 0.3) is 0 Å². The highest BCUT2D eigenvalue weighted by Crippen LogP contribution is 2.21. The molecule has 0 aromatic rings. The number of nitrogens with zero attached hydrogens (tertiary/aromatic N) is 1. The maximum absolute atomic E-state index is 9.08. The van der Waals surface area contributed by atoms with E-state index in [1.165, 1.54) is 38.9 Å². The Labute approximate surface area is 118 Å². The Bertz CT molecular complexity index is 212. The van der Waals surface area contributed by atoms with Gasteiger partial charge in [-0.1, -0.05) is 6.92 Å². The molecule has 2 atom stereocenters. The molecule has 1 heterocycles. The molecule has 2 N–H and O–H groups in total. The first-order valence-electron chi connectivity index (χ1n) is 7.79. The zero-order valence-corrected chi connectivity index (χ0v) is 12.9. The summed E-state index contributed by atoms with van der Waals surface area (Å²) in [6, 6.07) is 0.786. The Kier molecular flexibility index (Phi) is 8.62. The summed E-state index contributed by atoms with van der Waals surface area (Å²) in [6.07, 6.45) is 4.59. The number of hydrogen-bond acceptors (Lipinski definition) is 4. The topological polar surface area (TPSA) is 44.7 Å². The van der Waals surface area contributed by atoms with E-state index in [9.17, 15) is 0 Å². The van der Waals surface area contributed by atoms with Crippen LogP contribution < -0.4 is 5.32 Å². The summed E-state index contributed by atoms with van der Waals surface area (Å²) in [4.78, 5) is 2.57. The fraction of sp³-hybridized carbons (Fsp3) is 1.00. The largest absolute Gasteiger partial charge is 0.396 e. The van der Waals surface area contributed by atoms with Gasteiger partial charge in [-0.15, -0.1) is 0 Å². The van der Waals surface area contributed by atoms with Crippen LogP contribution in [0.15, 0.2) is 0 Å². The van der Waals surface area contributed by atoms with Gasteiger partial charge in [0.1, 0.15) is 0 Å². The molecule has 0 aliphatic carbocycles. The van der Waals surface area contributed by atoms with E-state index in [1.54, 1.807) is 7.11 Å². The monoisotopic (exact) mass is 272 g/mol. The highest BCUT2D eigenvalue weighted by molar-refractivity contribution is 4.82. The lowest BCUT2D eigenvalue weighted by Crippen LogP contribution is -2.47. The fourth-order valence-corrected chi connectivity index (χ4v) is 3.07. The Morgan fingerprint density at radius 3 is 2.58 bits per heavy atom. The third-order valence-electron chi connectivity index (χ3n) is 4.22. The molecule has 2 unspecified atom stereocenters. The van der Waals surface area contributed by atoms with Crippen molar-refractivity contribution >= 4 is 0 Å². The first-order chi connectivity index (χ1) is 9.21. The number of aliphatic hydroxyl groups excluding tert-OH is 1. The van der Waals surface area contributed by atoms with Crippen LogP contribution in [-0.2, 0) is 4.74 Å². The first kappa shape index (κ1) is 16.9. The second-order valence-corrected chi connectivity index (χ2v) is 5.80. The second-order valence-electron chi connectivity index (χ2n) is 5.80. The van der Waals surface area contributed by atoms with Gasteiger partial charge in [0.15, 0.2) is 0 Å². The van der Waals surface area contributed by atoms with Crippen LogP contribution in [0.4, 0.5) is 0 Å². The van der Waals surface area contributed by atoms with Crippen molar-refractivity contribution in [3.05, 3.63) is 0 Å². The van der Waals surface area contributed by atoms with Crippen molar-refractivity contribution in [2.75, 3.05) is 40.0 Å². The normalized spacial score (nSPS) is 21.5. The number of nitrogens with one attached hydrogen (secondary N) is 1. The minimum atomic E-state index is 0.225. The highest BCUT2D eigenvalue weighted by Gasteiger charge is 2.24. The molecule has 0 radical (unpaired) electrons. The number of aliphatic hydroxyl groups is 1. The molecule has 0 amide bonds. The van der Waals surface area contributed by atoms with E-state index < -0.39 is 0 Å². The van der Waals surface area contributed by atoms with Gasteiger partial charge < -0.3 is 20.1 Å². The number of hydrogen-bond donors (Lipinski definition) is 2. The molecule has 1 aliphatic heterocycles. The molecule has 1 fully saturated rings. The van der Waals surface area contributed by atoms with Gasteiger partial charge in [0, 0.05) is 25.8 Å². The molecule has 4 nitrogen and oxygen atoms in total. The molecule has 1 rings (SSSR count). The number of likely N-dealkylation sites (tertiary alicyclic amines) is 1.